The van der Waals surface area contributed by atoms with E-state index in [1.165, 1.54) is 12.6 Å². The van der Waals surface area contributed by atoms with Crippen molar-refractivity contribution in [2.75, 3.05) is 13.6 Å². The van der Waals surface area contributed by atoms with Gasteiger partial charge in [0.05, 0.1) is 11.4 Å². The van der Waals surface area contributed by atoms with E-state index < -0.39 is 10.0 Å². The molecule has 27 heavy (non-hydrogen) atoms. The van der Waals surface area contributed by atoms with E-state index in [2.05, 4.69) is 17.4 Å². The SMILES string of the molecule is Cc1ccc(C)c(S(=O)(=O)N(C)CC(=O)N[C@@H](C)CCc2ccccc2)c1. The van der Waals surface area contributed by atoms with Gasteiger partial charge in [-0.25, -0.2) is 8.42 Å². The lowest BCUT2D eigenvalue weighted by atomic mass is 10.1. The fourth-order valence-corrected chi connectivity index (χ4v) is 4.29. The summed E-state index contributed by atoms with van der Waals surface area (Å²) >= 11 is 0. The maximum atomic E-state index is 12.8. The number of rotatable bonds is 8. The predicted octanol–water partition coefficient (Wildman–Crippen LogP) is 3.06. The number of sulfonamides is 1. The van der Waals surface area contributed by atoms with Gasteiger partial charge < -0.3 is 5.32 Å². The Bertz CT molecular complexity index is 880. The van der Waals surface area contributed by atoms with Crippen molar-refractivity contribution in [2.45, 2.75) is 44.6 Å². The molecule has 1 atom stereocenters. The highest BCUT2D eigenvalue weighted by atomic mass is 32.2. The Kier molecular flexibility index (Phi) is 7.16. The molecule has 0 fully saturated rings. The fourth-order valence-electron chi connectivity index (χ4n) is 2.86. The second kappa shape index (κ2) is 9.15. The van der Waals surface area contributed by atoms with Crippen LogP contribution in [-0.4, -0.2) is 38.3 Å². The van der Waals surface area contributed by atoms with E-state index in [4.69, 9.17) is 0 Å². The zero-order valence-corrected chi connectivity index (χ0v) is 17.2. The molecule has 0 aromatic heterocycles. The molecule has 146 valence electrons. The normalized spacial score (nSPS) is 12.8. The molecule has 5 nitrogen and oxygen atoms in total. The molecule has 2 aromatic rings. The van der Waals surface area contributed by atoms with E-state index in [1.54, 1.807) is 19.1 Å². The Morgan fingerprint density at radius 2 is 1.78 bits per heavy atom. The lowest BCUT2D eigenvalue weighted by Gasteiger charge is -2.20. The van der Waals surface area contributed by atoms with Gasteiger partial charge in [-0.05, 0) is 56.4 Å². The highest BCUT2D eigenvalue weighted by Gasteiger charge is 2.25. The van der Waals surface area contributed by atoms with Crippen LogP contribution in [0.3, 0.4) is 0 Å². The number of likely N-dealkylation sites (N-methyl/N-ethyl adjacent to an activating group) is 1. The summed E-state index contributed by atoms with van der Waals surface area (Å²) in [5.41, 5.74) is 2.75. The molecule has 0 saturated carbocycles. The Hall–Kier alpha value is -2.18. The van der Waals surface area contributed by atoms with Gasteiger partial charge in [-0.15, -0.1) is 0 Å². The minimum absolute atomic E-state index is 0.0329. The van der Waals surface area contributed by atoms with Crippen molar-refractivity contribution in [3.05, 3.63) is 65.2 Å². The predicted molar refractivity (Wildman–Crippen MR) is 108 cm³/mol. The van der Waals surface area contributed by atoms with Crippen LogP contribution in [0.1, 0.15) is 30.0 Å². The third-order valence-electron chi connectivity index (χ3n) is 4.51. The molecule has 6 heteroatoms. The summed E-state index contributed by atoms with van der Waals surface area (Å²) in [5.74, 6) is -0.299. The molecular weight excluding hydrogens is 360 g/mol. The van der Waals surface area contributed by atoms with Crippen LogP contribution in [0.5, 0.6) is 0 Å². The Morgan fingerprint density at radius 3 is 2.44 bits per heavy atom. The topological polar surface area (TPSA) is 66.5 Å². The van der Waals surface area contributed by atoms with E-state index >= 15 is 0 Å². The molecule has 0 radical (unpaired) electrons. The lowest BCUT2D eigenvalue weighted by molar-refractivity contribution is -0.121. The van der Waals surface area contributed by atoms with Crippen LogP contribution >= 0.6 is 0 Å². The first-order valence-electron chi connectivity index (χ1n) is 9.07. The van der Waals surface area contributed by atoms with Gasteiger partial charge in [-0.3, -0.25) is 4.79 Å². The highest BCUT2D eigenvalue weighted by molar-refractivity contribution is 7.89. The molecule has 1 amide bonds. The summed E-state index contributed by atoms with van der Waals surface area (Å²) in [6, 6.07) is 15.3. The number of hydrogen-bond acceptors (Lipinski definition) is 3. The molecule has 0 aliphatic carbocycles. The second-order valence-corrected chi connectivity index (χ2v) is 9.04. The smallest absolute Gasteiger partial charge is 0.243 e. The molecule has 2 aromatic carbocycles. The molecule has 0 bridgehead atoms. The number of aryl methyl sites for hydroxylation is 3. The standard InChI is InChI=1S/C21H28N2O3S/c1-16-10-11-17(2)20(14-16)27(25,26)23(4)15-21(24)22-18(3)12-13-19-8-6-5-7-9-19/h5-11,14,18H,12-13,15H2,1-4H3,(H,22,24)/t18-/m0/s1. The average Bonchev–Trinajstić information content (AvgIpc) is 2.62. The van der Waals surface area contributed by atoms with Gasteiger partial charge in [0, 0.05) is 13.1 Å². The van der Waals surface area contributed by atoms with Crippen LogP contribution in [0.2, 0.25) is 0 Å². The molecule has 0 heterocycles. The van der Waals surface area contributed by atoms with Crippen molar-refractivity contribution < 1.29 is 13.2 Å². The third kappa shape index (κ3) is 5.91. The number of amides is 1. The van der Waals surface area contributed by atoms with Crippen LogP contribution in [0.25, 0.3) is 0 Å². The first kappa shape index (κ1) is 21.1. The van der Waals surface area contributed by atoms with Crippen molar-refractivity contribution in [3.8, 4) is 0 Å². The second-order valence-electron chi connectivity index (χ2n) is 7.02. The van der Waals surface area contributed by atoms with Crippen molar-refractivity contribution in [2.24, 2.45) is 0 Å². The maximum absolute atomic E-state index is 12.8. The van der Waals surface area contributed by atoms with Gasteiger partial charge >= 0.3 is 0 Å². The lowest BCUT2D eigenvalue weighted by Crippen LogP contribution is -2.42. The number of carbonyl (C=O) groups is 1. The quantitative estimate of drug-likeness (QED) is 0.756. The number of nitrogens with one attached hydrogen (secondary N) is 1. The van der Waals surface area contributed by atoms with Gasteiger partial charge in [0.15, 0.2) is 0 Å². The van der Waals surface area contributed by atoms with Crippen LogP contribution in [0.15, 0.2) is 53.4 Å². The number of hydrogen-bond donors (Lipinski definition) is 1. The van der Waals surface area contributed by atoms with Gasteiger partial charge in [0.1, 0.15) is 0 Å². The molecular formula is C21H28N2O3S. The zero-order chi connectivity index (χ0) is 20.0. The van der Waals surface area contributed by atoms with Crippen molar-refractivity contribution in [3.63, 3.8) is 0 Å². The van der Waals surface area contributed by atoms with Gasteiger partial charge in [0.25, 0.3) is 0 Å². The monoisotopic (exact) mass is 388 g/mol. The molecule has 0 aliphatic heterocycles. The van der Waals surface area contributed by atoms with E-state index in [0.29, 0.717) is 5.56 Å². The van der Waals surface area contributed by atoms with E-state index in [-0.39, 0.29) is 23.4 Å². The summed E-state index contributed by atoms with van der Waals surface area (Å²) in [5, 5.41) is 2.89. The first-order chi connectivity index (χ1) is 12.7. The van der Waals surface area contributed by atoms with Crippen molar-refractivity contribution in [1.29, 1.82) is 0 Å². The first-order valence-corrected chi connectivity index (χ1v) is 10.5. The molecule has 0 unspecified atom stereocenters. The summed E-state index contributed by atoms with van der Waals surface area (Å²) in [6.07, 6.45) is 1.65. The number of nitrogens with zero attached hydrogens (tertiary/aromatic N) is 1. The summed E-state index contributed by atoms with van der Waals surface area (Å²) in [6.45, 7) is 5.33. The highest BCUT2D eigenvalue weighted by Crippen LogP contribution is 2.20. The Labute approximate surface area is 162 Å². The maximum Gasteiger partial charge on any atom is 0.243 e. The van der Waals surface area contributed by atoms with Gasteiger partial charge in [-0.2, -0.15) is 4.31 Å². The zero-order valence-electron chi connectivity index (χ0n) is 16.4. The molecule has 0 aliphatic rings. The molecule has 0 spiro atoms. The van der Waals surface area contributed by atoms with Gasteiger partial charge in [0.2, 0.25) is 15.9 Å². The van der Waals surface area contributed by atoms with Crippen LogP contribution in [-0.2, 0) is 21.2 Å². The van der Waals surface area contributed by atoms with E-state index in [0.717, 1.165) is 22.7 Å². The Morgan fingerprint density at radius 1 is 1.11 bits per heavy atom. The summed E-state index contributed by atoms with van der Waals surface area (Å²) < 4.78 is 26.7. The number of carbonyl (C=O) groups excluding carboxylic acids is 1. The largest absolute Gasteiger partial charge is 0.352 e. The Balaban J connectivity index is 1.93. The van der Waals surface area contributed by atoms with E-state index in [9.17, 15) is 13.2 Å². The fraction of sp³-hybridized carbons (Fsp3) is 0.381. The third-order valence-corrected chi connectivity index (χ3v) is 6.46. The molecule has 0 saturated heterocycles. The number of benzene rings is 2. The summed E-state index contributed by atoms with van der Waals surface area (Å²) in [4.78, 5) is 12.5. The minimum Gasteiger partial charge on any atom is -0.352 e. The van der Waals surface area contributed by atoms with Gasteiger partial charge in [-0.1, -0.05) is 42.5 Å². The molecule has 1 N–H and O–H groups in total. The average molecular weight is 389 g/mol. The van der Waals surface area contributed by atoms with E-state index in [1.807, 2.05) is 38.1 Å². The van der Waals surface area contributed by atoms with Crippen molar-refractivity contribution >= 4 is 15.9 Å². The summed E-state index contributed by atoms with van der Waals surface area (Å²) in [7, 11) is -2.27. The minimum atomic E-state index is -3.71. The van der Waals surface area contributed by atoms with Crippen LogP contribution in [0.4, 0.5) is 0 Å². The van der Waals surface area contributed by atoms with Crippen LogP contribution < -0.4 is 5.32 Å². The van der Waals surface area contributed by atoms with Crippen molar-refractivity contribution in [1.82, 2.24) is 9.62 Å². The van der Waals surface area contributed by atoms with Crippen LogP contribution in [0, 0.1) is 13.8 Å². The molecule has 2 rings (SSSR count).